The van der Waals surface area contributed by atoms with Gasteiger partial charge in [-0.15, -0.1) is 35.3 Å². The molecule has 0 spiro atoms. The highest BCUT2D eigenvalue weighted by molar-refractivity contribution is 14.0. The predicted octanol–water partition coefficient (Wildman–Crippen LogP) is 1.17. The van der Waals surface area contributed by atoms with E-state index in [2.05, 4.69) is 24.9 Å². The number of halogens is 1. The Hall–Kier alpha value is -1.36. The van der Waals surface area contributed by atoms with Crippen molar-refractivity contribution in [2.45, 2.75) is 6.42 Å². The summed E-state index contributed by atoms with van der Waals surface area (Å²) in [5, 5.41) is 7.25. The van der Waals surface area contributed by atoms with E-state index >= 15 is 0 Å². The van der Waals surface area contributed by atoms with Crippen LogP contribution in [0.15, 0.2) is 28.8 Å². The lowest BCUT2D eigenvalue weighted by atomic mass is 10.3. The second-order valence-electron chi connectivity index (χ2n) is 5.22. The Kier molecular flexibility index (Phi) is 6.63. The quantitative estimate of drug-likeness (QED) is 0.433. The van der Waals surface area contributed by atoms with Crippen molar-refractivity contribution in [1.82, 2.24) is 19.7 Å². The molecular formula is C14H22IN7S. The molecule has 7 nitrogen and oxygen atoms in total. The van der Waals surface area contributed by atoms with Crippen LogP contribution in [-0.2, 0) is 13.5 Å². The van der Waals surface area contributed by atoms with Gasteiger partial charge in [-0.1, -0.05) is 0 Å². The molecule has 23 heavy (non-hydrogen) atoms. The van der Waals surface area contributed by atoms with E-state index in [1.165, 1.54) is 5.69 Å². The Morgan fingerprint density at radius 1 is 1.30 bits per heavy atom. The maximum Gasteiger partial charge on any atom is 0.191 e. The minimum Gasteiger partial charge on any atom is -0.370 e. The fourth-order valence-electron chi connectivity index (χ4n) is 2.53. The third-order valence-electron chi connectivity index (χ3n) is 3.86. The molecule has 0 atom stereocenters. The summed E-state index contributed by atoms with van der Waals surface area (Å²) in [6.45, 7) is 4.34. The van der Waals surface area contributed by atoms with Crippen LogP contribution >= 0.6 is 35.3 Å². The number of hydrogen-bond acceptors (Lipinski definition) is 5. The van der Waals surface area contributed by atoms with E-state index in [4.69, 9.17) is 5.73 Å². The van der Waals surface area contributed by atoms with Crippen molar-refractivity contribution >= 4 is 46.4 Å². The van der Waals surface area contributed by atoms with Gasteiger partial charge in [0.15, 0.2) is 11.1 Å². The number of guanidine groups is 1. The number of aliphatic imine (C=N–C) groups is 1. The summed E-state index contributed by atoms with van der Waals surface area (Å²) in [5.74, 6) is 0.640. The van der Waals surface area contributed by atoms with Crippen LogP contribution in [-0.4, -0.2) is 58.3 Å². The summed E-state index contributed by atoms with van der Waals surface area (Å²) in [6.07, 6.45) is 4.51. The Balaban J connectivity index is 0.00000192. The second kappa shape index (κ2) is 8.48. The maximum atomic E-state index is 6.11. The van der Waals surface area contributed by atoms with Crippen LogP contribution < -0.4 is 10.6 Å². The van der Waals surface area contributed by atoms with Crippen LogP contribution in [0.2, 0.25) is 0 Å². The van der Waals surface area contributed by atoms with E-state index < -0.39 is 0 Å². The van der Waals surface area contributed by atoms with Crippen molar-refractivity contribution in [1.29, 1.82) is 0 Å². The molecule has 0 aliphatic carbocycles. The van der Waals surface area contributed by atoms with Gasteiger partial charge in [-0.3, -0.25) is 9.67 Å². The minimum absolute atomic E-state index is 0. The maximum absolute atomic E-state index is 6.11. The lowest BCUT2D eigenvalue weighted by Crippen LogP contribution is -2.51. The van der Waals surface area contributed by atoms with Crippen LogP contribution in [0.5, 0.6) is 0 Å². The first-order valence-corrected chi connectivity index (χ1v) is 8.28. The first-order chi connectivity index (χ1) is 10.7. The molecule has 3 heterocycles. The number of nitrogens with two attached hydrogens (primary N) is 1. The summed E-state index contributed by atoms with van der Waals surface area (Å²) in [4.78, 5) is 13.3. The SMILES string of the molecule is Cn1nccc1CCN=C(N)N1CCN(c2nccs2)CC1.I. The Morgan fingerprint density at radius 3 is 2.70 bits per heavy atom. The van der Waals surface area contributed by atoms with Gasteiger partial charge in [0.1, 0.15) is 0 Å². The van der Waals surface area contributed by atoms with Gasteiger partial charge in [-0.05, 0) is 6.07 Å². The van der Waals surface area contributed by atoms with Crippen LogP contribution in [0, 0.1) is 0 Å². The van der Waals surface area contributed by atoms with Crippen molar-refractivity contribution in [3.05, 3.63) is 29.5 Å². The van der Waals surface area contributed by atoms with Crippen LogP contribution in [0.25, 0.3) is 0 Å². The lowest BCUT2D eigenvalue weighted by Gasteiger charge is -2.35. The summed E-state index contributed by atoms with van der Waals surface area (Å²) >= 11 is 1.68. The number of anilines is 1. The molecule has 0 amide bonds. The summed E-state index contributed by atoms with van der Waals surface area (Å²) < 4.78 is 1.87. The normalized spacial score (nSPS) is 15.6. The zero-order chi connectivity index (χ0) is 15.4. The number of hydrogen-bond donors (Lipinski definition) is 1. The van der Waals surface area contributed by atoms with Gasteiger partial charge in [0, 0.05) is 69.7 Å². The highest BCUT2D eigenvalue weighted by Crippen LogP contribution is 2.18. The molecular weight excluding hydrogens is 425 g/mol. The molecule has 2 aromatic heterocycles. The third kappa shape index (κ3) is 4.56. The number of aryl methyl sites for hydroxylation is 1. The summed E-state index contributed by atoms with van der Waals surface area (Å²) in [6, 6.07) is 2.01. The molecule has 0 aromatic carbocycles. The molecule has 2 N–H and O–H groups in total. The number of piperazine rings is 1. The van der Waals surface area contributed by atoms with E-state index in [1.807, 2.05) is 29.4 Å². The Labute approximate surface area is 157 Å². The average Bonchev–Trinajstić information content (AvgIpc) is 3.20. The fourth-order valence-corrected chi connectivity index (χ4v) is 3.23. The van der Waals surface area contributed by atoms with Crippen LogP contribution in [0.3, 0.4) is 0 Å². The zero-order valence-electron chi connectivity index (χ0n) is 13.1. The van der Waals surface area contributed by atoms with Crippen molar-refractivity contribution in [3.63, 3.8) is 0 Å². The van der Waals surface area contributed by atoms with Gasteiger partial charge in [0.2, 0.25) is 0 Å². The van der Waals surface area contributed by atoms with Crippen LogP contribution in [0.1, 0.15) is 5.69 Å². The van der Waals surface area contributed by atoms with Gasteiger partial charge < -0.3 is 15.5 Å². The van der Waals surface area contributed by atoms with Crippen molar-refractivity contribution in [2.24, 2.45) is 17.8 Å². The molecule has 1 aliphatic heterocycles. The highest BCUT2D eigenvalue weighted by Gasteiger charge is 2.19. The average molecular weight is 447 g/mol. The molecule has 0 saturated carbocycles. The molecule has 0 bridgehead atoms. The van der Waals surface area contributed by atoms with E-state index in [0.29, 0.717) is 12.5 Å². The Morgan fingerprint density at radius 2 is 2.09 bits per heavy atom. The second-order valence-corrected chi connectivity index (χ2v) is 6.10. The number of rotatable bonds is 4. The highest BCUT2D eigenvalue weighted by atomic mass is 127. The molecule has 2 aromatic rings. The largest absolute Gasteiger partial charge is 0.370 e. The number of nitrogens with zero attached hydrogens (tertiary/aromatic N) is 6. The molecule has 0 radical (unpaired) electrons. The number of aromatic nitrogens is 3. The molecule has 1 saturated heterocycles. The molecule has 1 fully saturated rings. The smallest absolute Gasteiger partial charge is 0.191 e. The van der Waals surface area contributed by atoms with Gasteiger partial charge in [-0.2, -0.15) is 5.10 Å². The van der Waals surface area contributed by atoms with E-state index in [-0.39, 0.29) is 24.0 Å². The van der Waals surface area contributed by atoms with Gasteiger partial charge in [0.05, 0.1) is 0 Å². The predicted molar refractivity (Wildman–Crippen MR) is 105 cm³/mol. The molecule has 1 aliphatic rings. The van der Waals surface area contributed by atoms with Gasteiger partial charge in [0.25, 0.3) is 0 Å². The van der Waals surface area contributed by atoms with Crippen molar-refractivity contribution in [3.8, 4) is 0 Å². The van der Waals surface area contributed by atoms with E-state index in [0.717, 1.165) is 37.7 Å². The van der Waals surface area contributed by atoms with E-state index in [1.54, 1.807) is 17.5 Å². The molecule has 126 valence electrons. The van der Waals surface area contributed by atoms with E-state index in [9.17, 15) is 0 Å². The molecule has 9 heteroatoms. The monoisotopic (exact) mass is 447 g/mol. The first-order valence-electron chi connectivity index (χ1n) is 7.40. The van der Waals surface area contributed by atoms with Gasteiger partial charge >= 0.3 is 0 Å². The van der Waals surface area contributed by atoms with Crippen molar-refractivity contribution < 1.29 is 0 Å². The van der Waals surface area contributed by atoms with Crippen LogP contribution in [0.4, 0.5) is 5.13 Å². The Bertz CT molecular complexity index is 617. The zero-order valence-corrected chi connectivity index (χ0v) is 16.3. The fraction of sp³-hybridized carbons (Fsp3) is 0.500. The topological polar surface area (TPSA) is 75.6 Å². The van der Waals surface area contributed by atoms with Gasteiger partial charge in [-0.25, -0.2) is 4.98 Å². The number of thiazole rings is 1. The standard InChI is InChI=1S/C14H21N7S.HI/c1-19-12(3-5-18-19)2-4-16-13(15)20-7-9-21(10-8-20)14-17-6-11-22-14;/h3,5-6,11H,2,4,7-10H2,1H3,(H2,15,16);1H. The first kappa shape index (κ1) is 18.0. The summed E-state index contributed by atoms with van der Waals surface area (Å²) in [7, 11) is 1.94. The molecule has 0 unspecified atom stereocenters. The lowest BCUT2D eigenvalue weighted by molar-refractivity contribution is 0.380. The molecule has 3 rings (SSSR count). The van der Waals surface area contributed by atoms with Crippen molar-refractivity contribution in [2.75, 3.05) is 37.6 Å². The third-order valence-corrected chi connectivity index (χ3v) is 4.69. The minimum atomic E-state index is 0. The summed E-state index contributed by atoms with van der Waals surface area (Å²) in [5.41, 5.74) is 7.28.